The minimum absolute atomic E-state index is 1.02. The van der Waals surface area contributed by atoms with Crippen molar-refractivity contribution >= 4 is 91.3 Å². The lowest BCUT2D eigenvalue weighted by Gasteiger charge is -2.13. The van der Waals surface area contributed by atoms with Crippen molar-refractivity contribution < 1.29 is 0 Å². The lowest BCUT2D eigenvalue weighted by Crippen LogP contribution is -1.93. The Hall–Kier alpha value is -6.03. The van der Waals surface area contributed by atoms with Gasteiger partial charge in [-0.2, -0.15) is 0 Å². The summed E-state index contributed by atoms with van der Waals surface area (Å²) in [5.41, 5.74) is 7.92. The van der Waals surface area contributed by atoms with Crippen LogP contribution in [-0.2, 0) is 0 Å². The van der Waals surface area contributed by atoms with Crippen LogP contribution in [0.1, 0.15) is 0 Å². The van der Waals surface area contributed by atoms with Crippen molar-refractivity contribution in [3.63, 3.8) is 0 Å². The Morgan fingerprint density at radius 1 is 0.417 bits per heavy atom. The maximum absolute atomic E-state index is 5.21. The van der Waals surface area contributed by atoms with Gasteiger partial charge in [0.1, 0.15) is 0 Å². The smallest absolute Gasteiger partial charge is 0.156 e. The maximum atomic E-state index is 5.21. The fraction of sp³-hybridized carbons (Fsp3) is 0. The molecule has 0 amide bonds. The zero-order valence-electron chi connectivity index (χ0n) is 25.8. The molecule has 3 aromatic heterocycles. The Morgan fingerprint density at radius 2 is 1.00 bits per heavy atom. The first kappa shape index (κ1) is 26.1. The molecule has 0 saturated heterocycles. The Labute approximate surface area is 279 Å². The van der Waals surface area contributed by atoms with Crippen molar-refractivity contribution in [3.05, 3.63) is 158 Å². The molecule has 48 heavy (non-hydrogen) atoms. The van der Waals surface area contributed by atoms with Crippen LogP contribution in [0.5, 0.6) is 0 Å². The summed E-state index contributed by atoms with van der Waals surface area (Å²) in [7, 11) is 0. The van der Waals surface area contributed by atoms with E-state index < -0.39 is 0 Å². The van der Waals surface area contributed by atoms with Crippen molar-refractivity contribution in [1.82, 2.24) is 9.38 Å². The third kappa shape index (κ3) is 3.65. The van der Waals surface area contributed by atoms with Gasteiger partial charge in [-0.15, -0.1) is 11.3 Å². The molecule has 0 N–H and O–H groups in total. The molecule has 0 fully saturated rings. The number of hydrogen-bond acceptors (Lipinski definition) is 2. The zero-order chi connectivity index (χ0) is 31.3. The molecule has 11 aromatic rings. The number of aromatic nitrogens is 2. The minimum Gasteiger partial charge on any atom is -0.291 e. The molecule has 0 aliphatic carbocycles. The van der Waals surface area contributed by atoms with Crippen LogP contribution < -0.4 is 0 Å². The summed E-state index contributed by atoms with van der Waals surface area (Å²) in [4.78, 5) is 5.21. The van der Waals surface area contributed by atoms with E-state index in [-0.39, 0.29) is 0 Å². The molecule has 3 heterocycles. The van der Waals surface area contributed by atoms with Crippen LogP contribution in [0.2, 0.25) is 0 Å². The van der Waals surface area contributed by atoms with Gasteiger partial charge in [0.2, 0.25) is 0 Å². The molecule has 222 valence electrons. The first-order valence-electron chi connectivity index (χ1n) is 16.4. The summed E-state index contributed by atoms with van der Waals surface area (Å²) in [6.45, 7) is 0. The second-order valence-electron chi connectivity index (χ2n) is 12.8. The van der Waals surface area contributed by atoms with Gasteiger partial charge in [0.25, 0.3) is 0 Å². The minimum atomic E-state index is 1.02. The molecule has 0 unspecified atom stereocenters. The first-order valence-corrected chi connectivity index (χ1v) is 17.2. The zero-order valence-corrected chi connectivity index (χ0v) is 26.6. The van der Waals surface area contributed by atoms with E-state index in [1.807, 2.05) is 11.3 Å². The van der Waals surface area contributed by atoms with Gasteiger partial charge in [0.05, 0.1) is 21.4 Å². The summed E-state index contributed by atoms with van der Waals surface area (Å²) in [5, 5.41) is 12.9. The van der Waals surface area contributed by atoms with E-state index in [1.165, 1.54) is 80.0 Å². The van der Waals surface area contributed by atoms with E-state index in [0.29, 0.717) is 0 Å². The molecule has 0 radical (unpaired) electrons. The van der Waals surface area contributed by atoms with Crippen LogP contribution in [0.25, 0.3) is 102 Å². The SMILES string of the molecule is c1ccc2cc3c(cc2c1)sc1c3cc(-c2ccc(-c3ccc4c5ccccc5c5ccccc5c4c3)cc2)n2c3ccccc3nc12. The fourth-order valence-corrected chi connectivity index (χ4v) is 9.06. The van der Waals surface area contributed by atoms with Gasteiger partial charge in [-0.05, 0) is 96.2 Å². The topological polar surface area (TPSA) is 17.3 Å². The van der Waals surface area contributed by atoms with E-state index in [4.69, 9.17) is 4.98 Å². The highest BCUT2D eigenvalue weighted by Gasteiger charge is 2.18. The molecule has 0 atom stereocenters. The van der Waals surface area contributed by atoms with Crippen molar-refractivity contribution in [2.45, 2.75) is 0 Å². The predicted octanol–water partition coefficient (Wildman–Crippen LogP) is 12.8. The molecule has 0 spiro atoms. The number of fused-ring (bicyclic) bond motifs is 14. The number of hydrogen-bond donors (Lipinski definition) is 0. The normalized spacial score (nSPS) is 12.2. The number of imidazole rings is 1. The van der Waals surface area contributed by atoms with E-state index in [9.17, 15) is 0 Å². The van der Waals surface area contributed by atoms with E-state index >= 15 is 0 Å². The van der Waals surface area contributed by atoms with Crippen LogP contribution in [0, 0.1) is 0 Å². The number of para-hydroxylation sites is 2. The van der Waals surface area contributed by atoms with Crippen LogP contribution >= 0.6 is 11.3 Å². The Bertz CT molecular complexity index is 3070. The van der Waals surface area contributed by atoms with Crippen LogP contribution in [0.4, 0.5) is 0 Å². The van der Waals surface area contributed by atoms with Crippen molar-refractivity contribution in [2.75, 3.05) is 0 Å². The lowest BCUT2D eigenvalue weighted by atomic mass is 9.92. The Kier molecular flexibility index (Phi) is 5.29. The second kappa shape index (κ2) is 9.74. The van der Waals surface area contributed by atoms with Crippen LogP contribution in [0.3, 0.4) is 0 Å². The quantitative estimate of drug-likeness (QED) is 0.175. The van der Waals surface area contributed by atoms with Gasteiger partial charge in [-0.25, -0.2) is 4.98 Å². The second-order valence-corrected chi connectivity index (χ2v) is 13.8. The summed E-state index contributed by atoms with van der Waals surface area (Å²) >= 11 is 1.84. The highest BCUT2D eigenvalue weighted by molar-refractivity contribution is 7.26. The number of rotatable bonds is 2. The van der Waals surface area contributed by atoms with Gasteiger partial charge < -0.3 is 0 Å². The number of benzene rings is 8. The predicted molar refractivity (Wildman–Crippen MR) is 206 cm³/mol. The van der Waals surface area contributed by atoms with E-state index in [0.717, 1.165) is 22.4 Å². The molecular formula is C45H26N2S. The molecule has 3 heteroatoms. The molecule has 0 saturated carbocycles. The molecule has 0 aliphatic heterocycles. The van der Waals surface area contributed by atoms with Gasteiger partial charge in [0.15, 0.2) is 5.65 Å². The molecule has 0 aliphatic rings. The van der Waals surface area contributed by atoms with E-state index in [1.54, 1.807) is 0 Å². The van der Waals surface area contributed by atoms with Crippen LogP contribution in [-0.4, -0.2) is 9.38 Å². The maximum Gasteiger partial charge on any atom is 0.156 e. The summed E-state index contributed by atoms with van der Waals surface area (Å²) < 4.78 is 4.88. The molecule has 8 aromatic carbocycles. The molecular weight excluding hydrogens is 601 g/mol. The fourth-order valence-electron chi connectivity index (χ4n) is 7.87. The lowest BCUT2D eigenvalue weighted by molar-refractivity contribution is 1.25. The number of thiophene rings is 1. The number of pyridine rings is 1. The highest BCUT2D eigenvalue weighted by atomic mass is 32.1. The Morgan fingerprint density at radius 3 is 1.75 bits per heavy atom. The molecule has 11 rings (SSSR count). The standard InChI is InChI=1S/C45H26N2S/c1-2-10-30-25-43-38(24-29(30)9-1)39-26-42(47-41-16-8-7-15-40(41)46-45(47)44(39)48-43)28-19-17-27(18-20-28)31-21-22-36-34-13-4-3-11-32(34)33-12-5-6-14-35(33)37(36)23-31/h1-26H. The van der Waals surface area contributed by atoms with Crippen molar-refractivity contribution in [1.29, 1.82) is 0 Å². The van der Waals surface area contributed by atoms with Crippen LogP contribution in [0.15, 0.2) is 158 Å². The van der Waals surface area contributed by atoms with Crippen molar-refractivity contribution in [3.8, 4) is 22.4 Å². The first-order chi connectivity index (χ1) is 23.8. The summed E-state index contributed by atoms with van der Waals surface area (Å²) in [5.74, 6) is 0. The van der Waals surface area contributed by atoms with Gasteiger partial charge in [-0.1, -0.05) is 121 Å². The van der Waals surface area contributed by atoms with Crippen molar-refractivity contribution in [2.24, 2.45) is 0 Å². The monoisotopic (exact) mass is 626 g/mol. The third-order valence-electron chi connectivity index (χ3n) is 10.1. The average Bonchev–Trinajstić information content (AvgIpc) is 3.72. The highest BCUT2D eigenvalue weighted by Crippen LogP contribution is 2.42. The van der Waals surface area contributed by atoms with Gasteiger partial charge >= 0.3 is 0 Å². The molecule has 2 nitrogen and oxygen atoms in total. The number of nitrogens with zero attached hydrogens (tertiary/aromatic N) is 2. The van der Waals surface area contributed by atoms with Gasteiger partial charge in [0, 0.05) is 15.5 Å². The van der Waals surface area contributed by atoms with Gasteiger partial charge in [-0.3, -0.25) is 4.40 Å². The Balaban J connectivity index is 1.12. The largest absolute Gasteiger partial charge is 0.291 e. The summed E-state index contributed by atoms with van der Waals surface area (Å²) in [6.07, 6.45) is 0. The summed E-state index contributed by atoms with van der Waals surface area (Å²) in [6, 6.07) is 57.8. The average molecular weight is 627 g/mol. The third-order valence-corrected chi connectivity index (χ3v) is 11.3. The van der Waals surface area contributed by atoms with E-state index in [2.05, 4.69) is 162 Å². The molecule has 0 bridgehead atoms.